The Labute approximate surface area is 128 Å². The van der Waals surface area contributed by atoms with Gasteiger partial charge in [0.05, 0.1) is 5.92 Å². The van der Waals surface area contributed by atoms with Crippen molar-refractivity contribution in [3.05, 3.63) is 29.6 Å². The van der Waals surface area contributed by atoms with Crippen LogP contribution in [-0.2, 0) is 9.59 Å². The highest BCUT2D eigenvalue weighted by Gasteiger charge is 2.35. The summed E-state index contributed by atoms with van der Waals surface area (Å²) in [6, 6.07) is 4.06. The Morgan fingerprint density at radius 1 is 1.45 bits per heavy atom. The Morgan fingerprint density at radius 2 is 2.18 bits per heavy atom. The van der Waals surface area contributed by atoms with Gasteiger partial charge in [-0.2, -0.15) is 0 Å². The van der Waals surface area contributed by atoms with Gasteiger partial charge < -0.3 is 14.7 Å². The fraction of sp³-hybridized carbons (Fsp3) is 0.500. The van der Waals surface area contributed by atoms with Gasteiger partial charge in [0.2, 0.25) is 0 Å². The average molecular weight is 309 g/mol. The van der Waals surface area contributed by atoms with Crippen LogP contribution in [-0.4, -0.2) is 41.1 Å². The molecular weight excluding hydrogens is 289 g/mol. The Balaban J connectivity index is 1.99. The van der Waals surface area contributed by atoms with E-state index in [0.717, 1.165) is 5.56 Å². The van der Waals surface area contributed by atoms with Crippen molar-refractivity contribution in [2.75, 3.05) is 13.2 Å². The third-order valence-corrected chi connectivity index (χ3v) is 4.06. The van der Waals surface area contributed by atoms with Crippen LogP contribution in [0.3, 0.4) is 0 Å². The fourth-order valence-electron chi connectivity index (χ4n) is 2.77. The minimum atomic E-state index is -0.893. The summed E-state index contributed by atoms with van der Waals surface area (Å²) in [5, 5.41) is 9.16. The van der Waals surface area contributed by atoms with Crippen molar-refractivity contribution in [2.45, 2.75) is 32.7 Å². The molecule has 0 saturated carbocycles. The zero-order valence-electron chi connectivity index (χ0n) is 12.7. The second-order valence-corrected chi connectivity index (χ2v) is 5.64. The molecule has 0 aliphatic carbocycles. The Bertz CT molecular complexity index is 575. The molecule has 5 nitrogen and oxygen atoms in total. The molecule has 0 bridgehead atoms. The van der Waals surface area contributed by atoms with Crippen LogP contribution in [0.15, 0.2) is 18.2 Å². The lowest BCUT2D eigenvalue weighted by atomic mass is 9.90. The quantitative estimate of drug-likeness (QED) is 0.926. The van der Waals surface area contributed by atoms with Gasteiger partial charge in [0.1, 0.15) is 0 Å². The summed E-state index contributed by atoms with van der Waals surface area (Å²) in [5.74, 6) is -2.26. The van der Waals surface area contributed by atoms with Crippen molar-refractivity contribution in [3.63, 3.8) is 0 Å². The minimum absolute atomic E-state index is 0.0350. The van der Waals surface area contributed by atoms with E-state index >= 15 is 0 Å². The number of carboxylic acids is 1. The second kappa shape index (κ2) is 6.77. The molecule has 22 heavy (non-hydrogen) atoms. The van der Waals surface area contributed by atoms with Crippen molar-refractivity contribution in [2.24, 2.45) is 5.92 Å². The number of benzene rings is 1. The molecule has 120 valence electrons. The topological polar surface area (TPSA) is 66.8 Å². The molecule has 1 aromatic rings. The molecule has 0 spiro atoms. The molecule has 0 radical (unpaired) electrons. The van der Waals surface area contributed by atoms with Gasteiger partial charge in [-0.3, -0.25) is 9.59 Å². The lowest BCUT2D eigenvalue weighted by Crippen LogP contribution is -2.50. The van der Waals surface area contributed by atoms with E-state index < -0.39 is 17.7 Å². The van der Waals surface area contributed by atoms with Crippen LogP contribution < -0.4 is 4.74 Å². The van der Waals surface area contributed by atoms with Crippen molar-refractivity contribution >= 4 is 11.9 Å². The monoisotopic (exact) mass is 309 g/mol. The molecule has 1 N–H and O–H groups in total. The van der Waals surface area contributed by atoms with Gasteiger partial charge in [-0.25, -0.2) is 4.39 Å². The molecule has 1 saturated heterocycles. The first kappa shape index (κ1) is 16.3. The Kier molecular flexibility index (Phi) is 5.00. The lowest BCUT2D eigenvalue weighted by Gasteiger charge is -2.37. The van der Waals surface area contributed by atoms with Crippen molar-refractivity contribution < 1.29 is 23.8 Å². The van der Waals surface area contributed by atoms with E-state index in [9.17, 15) is 14.0 Å². The molecule has 1 aliphatic rings. The van der Waals surface area contributed by atoms with Crippen LogP contribution in [0.1, 0.15) is 25.3 Å². The number of carbonyl (C=O) groups is 2. The SMILES string of the molecule is Cc1ccc(F)c(OCC(=O)N2CCC[C@@H](C(=O)O)[C@H]2C)c1. The zero-order chi connectivity index (χ0) is 16.3. The van der Waals surface area contributed by atoms with E-state index in [-0.39, 0.29) is 24.3 Å². The van der Waals surface area contributed by atoms with Gasteiger partial charge in [-0.05, 0) is 44.4 Å². The summed E-state index contributed by atoms with van der Waals surface area (Å²) in [6.45, 7) is 3.74. The number of ether oxygens (including phenoxy) is 1. The number of nitrogens with zero attached hydrogens (tertiary/aromatic N) is 1. The number of amides is 1. The number of likely N-dealkylation sites (tertiary alicyclic amines) is 1. The van der Waals surface area contributed by atoms with Gasteiger partial charge >= 0.3 is 5.97 Å². The van der Waals surface area contributed by atoms with Gasteiger partial charge in [0.25, 0.3) is 5.91 Å². The van der Waals surface area contributed by atoms with E-state index in [1.54, 1.807) is 19.9 Å². The average Bonchev–Trinajstić information content (AvgIpc) is 2.47. The number of hydrogen-bond acceptors (Lipinski definition) is 3. The summed E-state index contributed by atoms with van der Waals surface area (Å²) in [7, 11) is 0. The van der Waals surface area contributed by atoms with Gasteiger partial charge in [0.15, 0.2) is 18.2 Å². The third kappa shape index (κ3) is 3.55. The Morgan fingerprint density at radius 3 is 2.86 bits per heavy atom. The first-order valence-corrected chi connectivity index (χ1v) is 7.31. The summed E-state index contributed by atoms with van der Waals surface area (Å²) in [4.78, 5) is 24.9. The molecule has 1 fully saturated rings. The molecule has 1 aliphatic heterocycles. The van der Waals surface area contributed by atoms with Crippen molar-refractivity contribution in [3.8, 4) is 5.75 Å². The molecule has 2 rings (SSSR count). The van der Waals surface area contributed by atoms with E-state index in [1.165, 1.54) is 17.0 Å². The molecule has 1 aromatic carbocycles. The molecule has 0 aromatic heterocycles. The summed E-state index contributed by atoms with van der Waals surface area (Å²) >= 11 is 0. The normalized spacial score (nSPS) is 21.5. The first-order valence-electron chi connectivity index (χ1n) is 7.31. The maximum Gasteiger partial charge on any atom is 0.308 e. The summed E-state index contributed by atoms with van der Waals surface area (Å²) < 4.78 is 18.8. The van der Waals surface area contributed by atoms with Crippen molar-refractivity contribution in [1.82, 2.24) is 4.90 Å². The molecule has 0 unspecified atom stereocenters. The predicted octanol–water partition coefficient (Wildman–Crippen LogP) is 2.22. The zero-order valence-corrected chi connectivity index (χ0v) is 12.7. The van der Waals surface area contributed by atoms with E-state index in [1.807, 2.05) is 0 Å². The van der Waals surface area contributed by atoms with E-state index in [2.05, 4.69) is 0 Å². The highest BCUT2D eigenvalue weighted by molar-refractivity contribution is 5.80. The van der Waals surface area contributed by atoms with Gasteiger partial charge in [-0.1, -0.05) is 6.07 Å². The standard InChI is InChI=1S/C16H20FNO4/c1-10-5-6-13(17)14(8-10)22-9-15(19)18-7-3-4-12(11(18)2)16(20)21/h5-6,8,11-12H,3-4,7,9H2,1-2H3,(H,20,21)/t11-,12-/m1/s1. The number of carbonyl (C=O) groups excluding carboxylic acids is 1. The number of rotatable bonds is 4. The maximum atomic E-state index is 13.6. The van der Waals surface area contributed by atoms with E-state index in [4.69, 9.17) is 9.84 Å². The van der Waals surface area contributed by atoms with Crippen LogP contribution in [0.25, 0.3) is 0 Å². The highest BCUT2D eigenvalue weighted by Crippen LogP contribution is 2.24. The second-order valence-electron chi connectivity index (χ2n) is 5.64. The first-order chi connectivity index (χ1) is 10.4. The smallest absolute Gasteiger partial charge is 0.308 e. The fourth-order valence-corrected chi connectivity index (χ4v) is 2.77. The minimum Gasteiger partial charge on any atom is -0.481 e. The lowest BCUT2D eigenvalue weighted by molar-refractivity contribution is -0.149. The Hall–Kier alpha value is -2.11. The van der Waals surface area contributed by atoms with Gasteiger partial charge in [0, 0.05) is 12.6 Å². The van der Waals surface area contributed by atoms with Gasteiger partial charge in [-0.15, -0.1) is 0 Å². The molecule has 1 amide bonds. The molecule has 2 atom stereocenters. The largest absolute Gasteiger partial charge is 0.481 e. The predicted molar refractivity (Wildman–Crippen MR) is 78.2 cm³/mol. The van der Waals surface area contributed by atoms with Crippen LogP contribution in [0.5, 0.6) is 5.75 Å². The number of hydrogen-bond donors (Lipinski definition) is 1. The van der Waals surface area contributed by atoms with Crippen LogP contribution in [0.4, 0.5) is 4.39 Å². The highest BCUT2D eigenvalue weighted by atomic mass is 19.1. The maximum absolute atomic E-state index is 13.6. The number of piperidine rings is 1. The molecule has 6 heteroatoms. The number of aryl methyl sites for hydroxylation is 1. The number of halogens is 1. The van der Waals surface area contributed by atoms with Crippen LogP contribution >= 0.6 is 0 Å². The molecule has 1 heterocycles. The number of aliphatic carboxylic acids is 1. The van der Waals surface area contributed by atoms with Crippen molar-refractivity contribution in [1.29, 1.82) is 0 Å². The number of carboxylic acid groups (broad SMARTS) is 1. The van der Waals surface area contributed by atoms with E-state index in [0.29, 0.717) is 19.4 Å². The summed E-state index contributed by atoms with van der Waals surface area (Å²) in [5.41, 5.74) is 0.834. The third-order valence-electron chi connectivity index (χ3n) is 4.06. The van der Waals surface area contributed by atoms with Crippen LogP contribution in [0, 0.1) is 18.7 Å². The molecular formula is C16H20FNO4. The van der Waals surface area contributed by atoms with Crippen LogP contribution in [0.2, 0.25) is 0 Å². The summed E-state index contributed by atoms with van der Waals surface area (Å²) in [6.07, 6.45) is 1.21.